The maximum Gasteiger partial charge on any atom is 0.0750 e. The van der Waals surface area contributed by atoms with Gasteiger partial charge in [-0.05, 0) is 50.1 Å². The van der Waals surface area contributed by atoms with Crippen molar-refractivity contribution in [2.24, 2.45) is 0 Å². The van der Waals surface area contributed by atoms with Gasteiger partial charge in [-0.1, -0.05) is 25.1 Å². The molecule has 1 heterocycles. The van der Waals surface area contributed by atoms with Crippen LogP contribution in [-0.4, -0.2) is 16.8 Å². The Morgan fingerprint density at radius 1 is 1.21 bits per heavy atom. The molecular formula is C16H23N3. The molecule has 3 heteroatoms. The molecule has 1 unspecified atom stereocenters. The van der Waals surface area contributed by atoms with Crippen molar-refractivity contribution in [2.45, 2.75) is 39.8 Å². The van der Waals surface area contributed by atoms with Crippen molar-refractivity contribution in [3.05, 3.63) is 52.8 Å². The van der Waals surface area contributed by atoms with Gasteiger partial charge >= 0.3 is 0 Å². The van der Waals surface area contributed by atoms with E-state index in [1.165, 1.54) is 22.4 Å². The van der Waals surface area contributed by atoms with Crippen molar-refractivity contribution in [3.8, 4) is 0 Å². The molecule has 0 aliphatic heterocycles. The molecule has 0 saturated heterocycles. The van der Waals surface area contributed by atoms with Crippen LogP contribution in [0.5, 0.6) is 0 Å². The Balaban J connectivity index is 2.47. The van der Waals surface area contributed by atoms with Crippen molar-refractivity contribution in [1.82, 2.24) is 15.1 Å². The number of hydrogen-bond donors (Lipinski definition) is 1. The zero-order chi connectivity index (χ0) is 13.8. The molecule has 0 fully saturated rings. The normalized spacial score (nSPS) is 12.6. The summed E-state index contributed by atoms with van der Waals surface area (Å²) in [5, 5.41) is 7.88. The summed E-state index contributed by atoms with van der Waals surface area (Å²) < 4.78 is 2.10. The monoisotopic (exact) mass is 257 g/mol. The Morgan fingerprint density at radius 3 is 2.47 bits per heavy atom. The van der Waals surface area contributed by atoms with E-state index in [0.717, 1.165) is 13.0 Å². The van der Waals surface area contributed by atoms with Crippen LogP contribution in [0, 0.1) is 13.8 Å². The predicted molar refractivity (Wildman–Crippen MR) is 79.3 cm³/mol. The average Bonchev–Trinajstić information content (AvgIpc) is 2.83. The van der Waals surface area contributed by atoms with Crippen LogP contribution in [0.1, 0.15) is 41.8 Å². The van der Waals surface area contributed by atoms with E-state index >= 15 is 0 Å². The fourth-order valence-corrected chi connectivity index (χ4v) is 2.71. The van der Waals surface area contributed by atoms with E-state index in [9.17, 15) is 0 Å². The van der Waals surface area contributed by atoms with E-state index < -0.39 is 0 Å². The quantitative estimate of drug-likeness (QED) is 0.891. The second-order valence-corrected chi connectivity index (χ2v) is 5.01. The number of hydrogen-bond acceptors (Lipinski definition) is 2. The van der Waals surface area contributed by atoms with Crippen LogP contribution >= 0.6 is 0 Å². The summed E-state index contributed by atoms with van der Waals surface area (Å²) in [6, 6.07) is 8.78. The molecule has 0 spiro atoms. The van der Waals surface area contributed by atoms with Crippen LogP contribution in [-0.2, 0) is 6.54 Å². The van der Waals surface area contributed by atoms with Gasteiger partial charge < -0.3 is 5.32 Å². The predicted octanol–water partition coefficient (Wildman–Crippen LogP) is 3.22. The first-order chi connectivity index (χ1) is 9.19. The maximum atomic E-state index is 4.44. The lowest BCUT2D eigenvalue weighted by Gasteiger charge is -2.22. The van der Waals surface area contributed by atoms with Crippen molar-refractivity contribution >= 4 is 0 Å². The third-order valence-electron chi connectivity index (χ3n) is 3.60. The molecule has 1 atom stereocenters. The van der Waals surface area contributed by atoms with Crippen molar-refractivity contribution in [2.75, 3.05) is 7.05 Å². The highest BCUT2D eigenvalue weighted by atomic mass is 15.3. The Labute approximate surface area is 115 Å². The lowest BCUT2D eigenvalue weighted by Crippen LogP contribution is -2.23. The molecule has 1 aromatic carbocycles. The first-order valence-corrected chi connectivity index (χ1v) is 6.94. The zero-order valence-corrected chi connectivity index (χ0v) is 12.3. The lowest BCUT2D eigenvalue weighted by molar-refractivity contribution is 0.533. The Hall–Kier alpha value is -1.61. The van der Waals surface area contributed by atoms with Crippen molar-refractivity contribution in [3.63, 3.8) is 0 Å². The summed E-state index contributed by atoms with van der Waals surface area (Å²) in [6.45, 7) is 7.49. The van der Waals surface area contributed by atoms with Gasteiger partial charge in [-0.25, -0.2) is 0 Å². The van der Waals surface area contributed by atoms with E-state index in [-0.39, 0.29) is 6.04 Å². The molecule has 102 valence electrons. The molecule has 0 aliphatic rings. The van der Waals surface area contributed by atoms with Gasteiger partial charge in [0.2, 0.25) is 0 Å². The highest BCUT2D eigenvalue weighted by Gasteiger charge is 2.19. The molecule has 2 rings (SSSR count). The van der Waals surface area contributed by atoms with Crippen LogP contribution in [0.15, 0.2) is 30.5 Å². The Kier molecular flexibility index (Phi) is 4.38. The summed E-state index contributed by atoms with van der Waals surface area (Å²) in [7, 11) is 2.01. The third-order valence-corrected chi connectivity index (χ3v) is 3.60. The van der Waals surface area contributed by atoms with Crippen molar-refractivity contribution in [1.29, 1.82) is 0 Å². The molecule has 0 bridgehead atoms. The molecule has 2 aromatic rings. The smallest absolute Gasteiger partial charge is 0.0750 e. The minimum absolute atomic E-state index is 0.204. The van der Waals surface area contributed by atoms with Gasteiger partial charge in [0.25, 0.3) is 0 Å². The molecule has 0 radical (unpaired) electrons. The van der Waals surface area contributed by atoms with Crippen molar-refractivity contribution < 1.29 is 0 Å². The van der Waals surface area contributed by atoms with Crippen LogP contribution < -0.4 is 5.32 Å². The highest BCUT2D eigenvalue weighted by molar-refractivity contribution is 5.40. The van der Waals surface area contributed by atoms with Crippen LogP contribution in [0.3, 0.4) is 0 Å². The van der Waals surface area contributed by atoms with Gasteiger partial charge in [-0.2, -0.15) is 5.10 Å². The Morgan fingerprint density at radius 2 is 1.89 bits per heavy atom. The Bertz CT molecular complexity index is 522. The molecule has 19 heavy (non-hydrogen) atoms. The number of nitrogens with one attached hydrogen (secondary N) is 1. The zero-order valence-electron chi connectivity index (χ0n) is 12.3. The van der Waals surface area contributed by atoms with E-state index in [1.807, 2.05) is 13.2 Å². The number of benzene rings is 1. The minimum Gasteiger partial charge on any atom is -0.308 e. The molecular weight excluding hydrogens is 234 g/mol. The molecule has 3 nitrogen and oxygen atoms in total. The van der Waals surface area contributed by atoms with Crippen LogP contribution in [0.2, 0.25) is 0 Å². The molecule has 1 N–H and O–H groups in total. The second-order valence-electron chi connectivity index (χ2n) is 5.01. The maximum absolute atomic E-state index is 4.44. The van der Waals surface area contributed by atoms with Gasteiger partial charge in [0.1, 0.15) is 0 Å². The van der Waals surface area contributed by atoms with Gasteiger partial charge in [0.05, 0.1) is 11.7 Å². The molecule has 0 aliphatic carbocycles. The first-order valence-electron chi connectivity index (χ1n) is 6.94. The fourth-order valence-electron chi connectivity index (χ4n) is 2.71. The standard InChI is InChI=1S/C16H23N3/c1-5-11-19-14(9-10-18-19)16(17-4)15-12(2)7-6-8-13(15)3/h6-10,16-17H,5,11H2,1-4H3. The summed E-state index contributed by atoms with van der Waals surface area (Å²) in [5.41, 5.74) is 5.25. The van der Waals surface area contributed by atoms with Gasteiger partial charge in [-0.3, -0.25) is 4.68 Å². The first kappa shape index (κ1) is 13.8. The number of aryl methyl sites for hydroxylation is 3. The number of nitrogens with zero attached hydrogens (tertiary/aromatic N) is 2. The van der Waals surface area contributed by atoms with Gasteiger partial charge in [0, 0.05) is 12.7 Å². The highest BCUT2D eigenvalue weighted by Crippen LogP contribution is 2.27. The number of aromatic nitrogens is 2. The summed E-state index contributed by atoms with van der Waals surface area (Å²) in [6.07, 6.45) is 2.99. The van der Waals surface area contributed by atoms with Crippen LogP contribution in [0.4, 0.5) is 0 Å². The second kappa shape index (κ2) is 6.02. The van der Waals surface area contributed by atoms with Gasteiger partial charge in [0.15, 0.2) is 0 Å². The van der Waals surface area contributed by atoms with Crippen LogP contribution in [0.25, 0.3) is 0 Å². The molecule has 0 saturated carbocycles. The lowest BCUT2D eigenvalue weighted by atomic mass is 9.94. The molecule has 1 aromatic heterocycles. The minimum atomic E-state index is 0.204. The average molecular weight is 257 g/mol. The molecule has 0 amide bonds. The SMILES string of the molecule is CCCn1nccc1C(NC)c1c(C)cccc1C. The summed E-state index contributed by atoms with van der Waals surface area (Å²) in [5.74, 6) is 0. The van der Waals surface area contributed by atoms with Gasteiger partial charge in [-0.15, -0.1) is 0 Å². The fraction of sp³-hybridized carbons (Fsp3) is 0.438. The topological polar surface area (TPSA) is 29.9 Å². The largest absolute Gasteiger partial charge is 0.308 e. The number of rotatable bonds is 5. The summed E-state index contributed by atoms with van der Waals surface area (Å²) >= 11 is 0. The van der Waals surface area contributed by atoms with E-state index in [1.54, 1.807) is 0 Å². The van der Waals surface area contributed by atoms with E-state index in [4.69, 9.17) is 0 Å². The van der Waals surface area contributed by atoms with E-state index in [2.05, 4.69) is 60.1 Å². The third kappa shape index (κ3) is 2.71. The summed E-state index contributed by atoms with van der Waals surface area (Å²) in [4.78, 5) is 0. The van der Waals surface area contributed by atoms with E-state index in [0.29, 0.717) is 0 Å².